The summed E-state index contributed by atoms with van der Waals surface area (Å²) in [6.45, 7) is 2.90. The van der Waals surface area contributed by atoms with Crippen molar-refractivity contribution in [2.75, 3.05) is 44.3 Å². The van der Waals surface area contributed by atoms with Crippen molar-refractivity contribution in [2.24, 2.45) is 0 Å². The number of carbonyl (C=O) groups is 1. The van der Waals surface area contributed by atoms with E-state index in [1.165, 1.54) is 0 Å². The highest BCUT2D eigenvalue weighted by Crippen LogP contribution is 2.31. The van der Waals surface area contributed by atoms with Crippen molar-refractivity contribution < 1.29 is 17.9 Å². The van der Waals surface area contributed by atoms with Crippen molar-refractivity contribution in [2.45, 2.75) is 18.9 Å². The third-order valence-corrected chi connectivity index (χ3v) is 7.43. The lowest BCUT2D eigenvalue weighted by Crippen LogP contribution is -2.52. The molecule has 144 valence electrons. The maximum Gasteiger partial charge on any atom is 0.226 e. The van der Waals surface area contributed by atoms with Crippen LogP contribution < -0.4 is 4.74 Å². The standard InChI is InChI=1S/C17H22Cl2N2O4S/c18-14-2-1-3-15(17(14)19)25-10-4-16(22)21-8-6-20(7-9-21)13-5-11-26(23,24)12-13/h1-3,13H,4-12H2. The Morgan fingerprint density at radius 1 is 1.19 bits per heavy atom. The molecule has 0 N–H and O–H groups in total. The van der Waals surface area contributed by atoms with Crippen LogP contribution in [0.2, 0.25) is 10.0 Å². The summed E-state index contributed by atoms with van der Waals surface area (Å²) in [5.41, 5.74) is 0. The Bertz CT molecular complexity index is 764. The van der Waals surface area contributed by atoms with Crippen LogP contribution in [0.1, 0.15) is 12.8 Å². The van der Waals surface area contributed by atoms with Gasteiger partial charge in [-0.15, -0.1) is 0 Å². The average molecular weight is 421 g/mol. The van der Waals surface area contributed by atoms with Gasteiger partial charge in [0.15, 0.2) is 9.84 Å². The number of sulfone groups is 1. The molecule has 2 saturated heterocycles. The fraction of sp³-hybridized carbons (Fsp3) is 0.588. The molecule has 2 aliphatic rings. The van der Waals surface area contributed by atoms with Gasteiger partial charge in [-0.25, -0.2) is 8.42 Å². The van der Waals surface area contributed by atoms with Gasteiger partial charge in [-0.1, -0.05) is 29.3 Å². The van der Waals surface area contributed by atoms with Crippen LogP contribution in [0.25, 0.3) is 0 Å². The molecule has 1 amide bonds. The summed E-state index contributed by atoms with van der Waals surface area (Å²) < 4.78 is 28.8. The van der Waals surface area contributed by atoms with Gasteiger partial charge in [0.1, 0.15) is 10.8 Å². The van der Waals surface area contributed by atoms with Gasteiger partial charge in [-0.2, -0.15) is 0 Å². The van der Waals surface area contributed by atoms with Crippen LogP contribution in [0.3, 0.4) is 0 Å². The first-order valence-electron chi connectivity index (χ1n) is 8.65. The summed E-state index contributed by atoms with van der Waals surface area (Å²) >= 11 is 12.0. The molecule has 2 fully saturated rings. The quantitative estimate of drug-likeness (QED) is 0.729. The van der Waals surface area contributed by atoms with Gasteiger partial charge < -0.3 is 9.64 Å². The molecule has 3 rings (SSSR count). The molecule has 0 radical (unpaired) electrons. The lowest BCUT2D eigenvalue weighted by Gasteiger charge is -2.37. The highest BCUT2D eigenvalue weighted by Gasteiger charge is 2.34. The number of hydrogen-bond acceptors (Lipinski definition) is 5. The lowest BCUT2D eigenvalue weighted by molar-refractivity contribution is -0.133. The monoisotopic (exact) mass is 420 g/mol. The molecule has 0 spiro atoms. The molecule has 9 heteroatoms. The van der Waals surface area contributed by atoms with E-state index in [-0.39, 0.29) is 36.5 Å². The number of benzene rings is 1. The second kappa shape index (κ2) is 8.33. The van der Waals surface area contributed by atoms with Gasteiger partial charge in [0.05, 0.1) is 29.6 Å². The van der Waals surface area contributed by atoms with Crippen molar-refractivity contribution in [1.29, 1.82) is 0 Å². The summed E-state index contributed by atoms with van der Waals surface area (Å²) in [6, 6.07) is 5.24. The van der Waals surface area contributed by atoms with Gasteiger partial charge in [-0.3, -0.25) is 9.69 Å². The molecule has 0 saturated carbocycles. The maximum atomic E-state index is 12.3. The van der Waals surface area contributed by atoms with Gasteiger partial charge in [0.2, 0.25) is 5.91 Å². The SMILES string of the molecule is O=C(CCOc1cccc(Cl)c1Cl)N1CCN(C2CCS(=O)(=O)C2)CC1. The van der Waals surface area contributed by atoms with E-state index < -0.39 is 9.84 Å². The van der Waals surface area contributed by atoms with E-state index in [2.05, 4.69) is 4.90 Å². The van der Waals surface area contributed by atoms with Gasteiger partial charge >= 0.3 is 0 Å². The fourth-order valence-electron chi connectivity index (χ4n) is 3.40. The Morgan fingerprint density at radius 2 is 1.92 bits per heavy atom. The van der Waals surface area contributed by atoms with E-state index in [0.717, 1.165) is 0 Å². The highest BCUT2D eigenvalue weighted by atomic mass is 35.5. The van der Waals surface area contributed by atoms with Gasteiger partial charge in [0.25, 0.3) is 0 Å². The minimum absolute atomic E-state index is 0.0295. The van der Waals surface area contributed by atoms with Crippen molar-refractivity contribution in [3.63, 3.8) is 0 Å². The van der Waals surface area contributed by atoms with Crippen LogP contribution >= 0.6 is 23.2 Å². The summed E-state index contributed by atoms with van der Waals surface area (Å²) in [6.07, 6.45) is 0.963. The zero-order chi connectivity index (χ0) is 18.7. The Kier molecular flexibility index (Phi) is 6.33. The predicted molar refractivity (Wildman–Crippen MR) is 102 cm³/mol. The number of nitrogens with zero attached hydrogens (tertiary/aromatic N) is 2. The number of hydrogen-bond donors (Lipinski definition) is 0. The first kappa shape index (κ1) is 19.7. The number of carbonyl (C=O) groups excluding carboxylic acids is 1. The molecule has 0 aliphatic carbocycles. The van der Waals surface area contributed by atoms with Crippen molar-refractivity contribution in [3.8, 4) is 5.75 Å². The Hall–Kier alpha value is -1.02. The number of rotatable bonds is 5. The Labute approximate surface area is 163 Å². The molecule has 1 aromatic rings. The van der Waals surface area contributed by atoms with Gasteiger partial charge in [-0.05, 0) is 18.6 Å². The van der Waals surface area contributed by atoms with Crippen molar-refractivity contribution >= 4 is 38.9 Å². The number of amides is 1. The number of ether oxygens (including phenoxy) is 1. The fourth-order valence-corrected chi connectivity index (χ4v) is 5.51. The van der Waals surface area contributed by atoms with Crippen LogP contribution in [-0.2, 0) is 14.6 Å². The van der Waals surface area contributed by atoms with Crippen LogP contribution in [0, 0.1) is 0 Å². The van der Waals surface area contributed by atoms with E-state index in [1.54, 1.807) is 18.2 Å². The minimum Gasteiger partial charge on any atom is -0.491 e. The summed E-state index contributed by atoms with van der Waals surface area (Å²) in [7, 11) is -2.88. The lowest BCUT2D eigenvalue weighted by atomic mass is 10.2. The molecule has 1 unspecified atom stereocenters. The van der Waals surface area contributed by atoms with Crippen molar-refractivity contribution in [1.82, 2.24) is 9.80 Å². The molecular weight excluding hydrogens is 399 g/mol. The predicted octanol–water partition coefficient (Wildman–Crippen LogP) is 2.09. The number of piperazine rings is 1. The second-order valence-corrected chi connectivity index (χ2v) is 9.64. The van der Waals surface area contributed by atoms with E-state index >= 15 is 0 Å². The normalized spacial score (nSPS) is 23.2. The summed E-state index contributed by atoms with van der Waals surface area (Å²) in [5, 5.41) is 0.766. The topological polar surface area (TPSA) is 66.9 Å². The van der Waals surface area contributed by atoms with Crippen LogP contribution in [0.15, 0.2) is 18.2 Å². The molecule has 2 heterocycles. The van der Waals surface area contributed by atoms with Crippen LogP contribution in [0.4, 0.5) is 0 Å². The third-order valence-electron chi connectivity index (χ3n) is 4.88. The van der Waals surface area contributed by atoms with E-state index in [4.69, 9.17) is 27.9 Å². The Morgan fingerprint density at radius 3 is 2.58 bits per heavy atom. The summed E-state index contributed by atoms with van der Waals surface area (Å²) in [4.78, 5) is 16.3. The average Bonchev–Trinajstić information content (AvgIpc) is 2.98. The zero-order valence-electron chi connectivity index (χ0n) is 14.4. The maximum absolute atomic E-state index is 12.3. The third kappa shape index (κ3) is 4.82. The van der Waals surface area contributed by atoms with Crippen LogP contribution in [-0.4, -0.2) is 74.5 Å². The largest absolute Gasteiger partial charge is 0.491 e. The molecule has 26 heavy (non-hydrogen) atoms. The zero-order valence-corrected chi connectivity index (χ0v) is 16.7. The van der Waals surface area contributed by atoms with E-state index in [1.807, 2.05) is 4.90 Å². The first-order valence-corrected chi connectivity index (χ1v) is 11.2. The smallest absolute Gasteiger partial charge is 0.226 e. The van der Waals surface area contributed by atoms with E-state index in [0.29, 0.717) is 48.4 Å². The van der Waals surface area contributed by atoms with Gasteiger partial charge in [0, 0.05) is 32.2 Å². The second-order valence-electron chi connectivity index (χ2n) is 6.62. The minimum atomic E-state index is -2.88. The molecule has 0 bridgehead atoms. The summed E-state index contributed by atoms with van der Waals surface area (Å²) in [5.74, 6) is 1.02. The molecule has 0 aromatic heterocycles. The number of halogens is 2. The highest BCUT2D eigenvalue weighted by molar-refractivity contribution is 7.91. The Balaban J connectivity index is 1.42. The van der Waals surface area contributed by atoms with Crippen molar-refractivity contribution in [3.05, 3.63) is 28.2 Å². The molecule has 2 aliphatic heterocycles. The molecule has 6 nitrogen and oxygen atoms in total. The molecular formula is C17H22Cl2N2O4S. The van der Waals surface area contributed by atoms with Crippen LogP contribution in [0.5, 0.6) is 5.75 Å². The first-order chi connectivity index (χ1) is 12.4. The molecule has 1 aromatic carbocycles. The van der Waals surface area contributed by atoms with E-state index in [9.17, 15) is 13.2 Å². The molecule has 1 atom stereocenters.